The smallest absolute Gasteiger partial charge is 0.336 e. The van der Waals surface area contributed by atoms with E-state index < -0.39 is 5.97 Å². The second-order valence-corrected chi connectivity index (χ2v) is 5.36. The van der Waals surface area contributed by atoms with Crippen LogP contribution in [0, 0.1) is 0 Å². The molecule has 0 bridgehead atoms. The van der Waals surface area contributed by atoms with Crippen molar-refractivity contribution in [3.8, 4) is 5.75 Å². The van der Waals surface area contributed by atoms with Crippen LogP contribution in [0.4, 0.5) is 0 Å². The van der Waals surface area contributed by atoms with Crippen LogP contribution in [-0.2, 0) is 0 Å². The van der Waals surface area contributed by atoms with Gasteiger partial charge in [-0.2, -0.15) is 0 Å². The molecule has 0 unspecified atom stereocenters. The molecule has 0 heterocycles. The topological polar surface area (TPSA) is 49.8 Å². The first-order valence-corrected chi connectivity index (χ1v) is 6.73. The largest absolute Gasteiger partial charge is 0.492 e. The van der Waals surface area contributed by atoms with Gasteiger partial charge >= 0.3 is 5.97 Å². The molecule has 5 heteroatoms. The molecular weight excluding hydrogens is 298 g/mol. The molecule has 18 heavy (non-hydrogen) atoms. The number of benzene rings is 1. The van der Waals surface area contributed by atoms with Crippen molar-refractivity contribution in [2.45, 2.75) is 18.9 Å². The van der Waals surface area contributed by atoms with Crippen LogP contribution >= 0.6 is 15.9 Å². The van der Waals surface area contributed by atoms with Crippen molar-refractivity contribution in [3.63, 3.8) is 0 Å². The van der Waals surface area contributed by atoms with Crippen molar-refractivity contribution in [1.29, 1.82) is 0 Å². The third kappa shape index (κ3) is 3.46. The van der Waals surface area contributed by atoms with Crippen molar-refractivity contribution in [2.24, 2.45) is 0 Å². The molecule has 1 N–H and O–H groups in total. The number of likely N-dealkylation sites (N-methyl/N-ethyl adjacent to an activating group) is 1. The maximum atomic E-state index is 10.8. The van der Waals surface area contributed by atoms with Crippen molar-refractivity contribution in [1.82, 2.24) is 4.90 Å². The highest BCUT2D eigenvalue weighted by Gasteiger charge is 2.25. The molecule has 2 rings (SSSR count). The zero-order valence-corrected chi connectivity index (χ0v) is 11.8. The Morgan fingerprint density at radius 1 is 1.56 bits per heavy atom. The average molecular weight is 314 g/mol. The van der Waals surface area contributed by atoms with E-state index in [1.807, 2.05) is 0 Å². The summed E-state index contributed by atoms with van der Waals surface area (Å²) in [5.41, 5.74) is 0.248. The predicted molar refractivity (Wildman–Crippen MR) is 72.2 cm³/mol. The predicted octanol–water partition coefficient (Wildman–Crippen LogP) is 2.62. The molecule has 0 aromatic heterocycles. The van der Waals surface area contributed by atoms with Gasteiger partial charge in [0.05, 0.1) is 5.56 Å². The van der Waals surface area contributed by atoms with E-state index in [4.69, 9.17) is 9.84 Å². The summed E-state index contributed by atoms with van der Waals surface area (Å²) in [4.78, 5) is 13.1. The molecule has 1 aromatic carbocycles. The Morgan fingerprint density at radius 2 is 2.28 bits per heavy atom. The zero-order chi connectivity index (χ0) is 13.1. The monoisotopic (exact) mass is 313 g/mol. The summed E-state index contributed by atoms with van der Waals surface area (Å²) >= 11 is 3.23. The van der Waals surface area contributed by atoms with Gasteiger partial charge in [-0.3, -0.25) is 0 Å². The van der Waals surface area contributed by atoms with Crippen molar-refractivity contribution < 1.29 is 14.6 Å². The third-order valence-electron chi connectivity index (χ3n) is 3.05. The molecule has 98 valence electrons. The lowest BCUT2D eigenvalue weighted by atomic mass is 10.2. The minimum atomic E-state index is -0.943. The first-order chi connectivity index (χ1) is 8.58. The fourth-order valence-corrected chi connectivity index (χ4v) is 2.29. The molecule has 0 aliphatic heterocycles. The van der Waals surface area contributed by atoms with Crippen molar-refractivity contribution in [3.05, 3.63) is 28.2 Å². The number of rotatable bonds is 6. The normalized spacial score (nSPS) is 14.8. The highest BCUT2D eigenvalue weighted by atomic mass is 79.9. The highest BCUT2D eigenvalue weighted by molar-refractivity contribution is 9.10. The Bertz CT molecular complexity index is 446. The fourth-order valence-electron chi connectivity index (χ4n) is 1.76. The van der Waals surface area contributed by atoms with E-state index in [-0.39, 0.29) is 5.56 Å². The van der Waals surface area contributed by atoms with Crippen LogP contribution in [0.5, 0.6) is 5.75 Å². The van der Waals surface area contributed by atoms with Gasteiger partial charge in [-0.05, 0) is 54.0 Å². The average Bonchev–Trinajstić information content (AvgIpc) is 3.12. The molecule has 1 aliphatic rings. The van der Waals surface area contributed by atoms with E-state index in [1.54, 1.807) is 18.2 Å². The molecule has 0 amide bonds. The Hall–Kier alpha value is -1.07. The summed E-state index contributed by atoms with van der Waals surface area (Å²) in [5, 5.41) is 8.90. The van der Waals surface area contributed by atoms with Gasteiger partial charge in [0, 0.05) is 17.1 Å². The number of hydrogen-bond donors (Lipinski definition) is 1. The highest BCUT2D eigenvalue weighted by Crippen LogP contribution is 2.25. The molecule has 1 fully saturated rings. The van der Waals surface area contributed by atoms with E-state index in [1.165, 1.54) is 12.8 Å². The van der Waals surface area contributed by atoms with Gasteiger partial charge in [0.1, 0.15) is 12.4 Å². The van der Waals surface area contributed by atoms with E-state index in [2.05, 4.69) is 27.9 Å². The van der Waals surface area contributed by atoms with Gasteiger partial charge in [0.2, 0.25) is 0 Å². The van der Waals surface area contributed by atoms with E-state index >= 15 is 0 Å². The van der Waals surface area contributed by atoms with Crippen LogP contribution in [0.3, 0.4) is 0 Å². The number of carboxylic acids is 1. The Balaban J connectivity index is 1.85. The second kappa shape index (κ2) is 5.71. The van der Waals surface area contributed by atoms with Crippen LogP contribution in [0.2, 0.25) is 0 Å². The number of carbonyl (C=O) groups is 1. The molecule has 4 nitrogen and oxygen atoms in total. The number of aromatic carboxylic acids is 1. The summed E-state index contributed by atoms with van der Waals surface area (Å²) < 4.78 is 6.15. The first-order valence-electron chi connectivity index (χ1n) is 5.94. The lowest BCUT2D eigenvalue weighted by molar-refractivity contribution is 0.0696. The number of ether oxygens (including phenoxy) is 1. The molecule has 1 aliphatic carbocycles. The van der Waals surface area contributed by atoms with Gasteiger partial charge in [-0.15, -0.1) is 0 Å². The minimum absolute atomic E-state index is 0.248. The number of carboxylic acid groups (broad SMARTS) is 1. The third-order valence-corrected chi connectivity index (χ3v) is 3.71. The molecular formula is C13H16BrNO3. The summed E-state index contributed by atoms with van der Waals surface area (Å²) in [6.45, 7) is 1.51. The van der Waals surface area contributed by atoms with Gasteiger partial charge in [0.25, 0.3) is 0 Å². The van der Waals surface area contributed by atoms with Crippen LogP contribution < -0.4 is 4.74 Å². The lowest BCUT2D eigenvalue weighted by Crippen LogP contribution is -2.26. The SMILES string of the molecule is CN(CCOc1ccc(C(=O)O)c(Br)c1)C1CC1. The fraction of sp³-hybridized carbons (Fsp3) is 0.462. The van der Waals surface area contributed by atoms with Gasteiger partial charge in [0.15, 0.2) is 0 Å². The van der Waals surface area contributed by atoms with Gasteiger partial charge < -0.3 is 14.7 Å². The molecule has 1 aromatic rings. The lowest BCUT2D eigenvalue weighted by Gasteiger charge is -2.16. The Labute approximate surface area is 115 Å². The number of hydrogen-bond acceptors (Lipinski definition) is 3. The maximum Gasteiger partial charge on any atom is 0.336 e. The molecule has 0 atom stereocenters. The van der Waals surface area contributed by atoms with Gasteiger partial charge in [-0.1, -0.05) is 0 Å². The van der Waals surface area contributed by atoms with Crippen LogP contribution in [0.25, 0.3) is 0 Å². The number of nitrogens with zero attached hydrogens (tertiary/aromatic N) is 1. The number of halogens is 1. The summed E-state index contributed by atoms with van der Waals surface area (Å²) in [7, 11) is 2.10. The van der Waals surface area contributed by atoms with E-state index in [0.29, 0.717) is 16.8 Å². The van der Waals surface area contributed by atoms with Crippen LogP contribution in [0.1, 0.15) is 23.2 Å². The van der Waals surface area contributed by atoms with E-state index in [0.717, 1.165) is 12.6 Å². The van der Waals surface area contributed by atoms with E-state index in [9.17, 15) is 4.79 Å². The Kier molecular flexibility index (Phi) is 4.24. The summed E-state index contributed by atoms with van der Waals surface area (Å²) in [5.74, 6) is -0.252. The van der Waals surface area contributed by atoms with Gasteiger partial charge in [-0.25, -0.2) is 4.79 Å². The zero-order valence-electron chi connectivity index (χ0n) is 10.2. The summed E-state index contributed by atoms with van der Waals surface area (Å²) in [6.07, 6.45) is 2.57. The van der Waals surface area contributed by atoms with Crippen LogP contribution in [-0.4, -0.2) is 42.2 Å². The first kappa shape index (κ1) is 13.4. The van der Waals surface area contributed by atoms with Crippen molar-refractivity contribution in [2.75, 3.05) is 20.2 Å². The summed E-state index contributed by atoms with van der Waals surface area (Å²) in [6, 6.07) is 5.66. The maximum absolute atomic E-state index is 10.8. The molecule has 1 saturated carbocycles. The molecule has 0 spiro atoms. The van der Waals surface area contributed by atoms with Crippen molar-refractivity contribution >= 4 is 21.9 Å². The van der Waals surface area contributed by atoms with Crippen LogP contribution in [0.15, 0.2) is 22.7 Å². The standard InChI is InChI=1S/C13H16BrNO3/c1-15(9-2-3-9)6-7-18-10-4-5-11(13(16)17)12(14)8-10/h4-5,8-9H,2-3,6-7H2,1H3,(H,16,17). The quantitative estimate of drug-likeness (QED) is 0.877. The molecule has 0 saturated heterocycles. The Morgan fingerprint density at radius 3 is 2.83 bits per heavy atom. The minimum Gasteiger partial charge on any atom is -0.492 e. The molecule has 0 radical (unpaired) electrons. The second-order valence-electron chi connectivity index (χ2n) is 4.51.